The molecular formula is C16H21N5. The van der Waals surface area contributed by atoms with E-state index in [9.17, 15) is 0 Å². The molecule has 0 unspecified atom stereocenters. The molecule has 0 saturated heterocycles. The molecule has 0 radical (unpaired) electrons. The number of aromatic nitrogens is 4. The van der Waals surface area contributed by atoms with E-state index < -0.39 is 0 Å². The van der Waals surface area contributed by atoms with Crippen molar-refractivity contribution in [1.82, 2.24) is 24.5 Å². The molecule has 5 heteroatoms. The van der Waals surface area contributed by atoms with E-state index in [0.717, 1.165) is 30.1 Å². The molecule has 0 aliphatic heterocycles. The third kappa shape index (κ3) is 2.45. The Morgan fingerprint density at radius 1 is 1.10 bits per heavy atom. The van der Waals surface area contributed by atoms with Gasteiger partial charge < -0.3 is 9.72 Å². The normalized spacial score (nSPS) is 11.4. The van der Waals surface area contributed by atoms with Gasteiger partial charge in [0.2, 0.25) is 0 Å². The Hall–Kier alpha value is -2.14. The van der Waals surface area contributed by atoms with Gasteiger partial charge in [-0.05, 0) is 32.9 Å². The van der Waals surface area contributed by atoms with Gasteiger partial charge in [-0.2, -0.15) is 5.10 Å². The van der Waals surface area contributed by atoms with E-state index in [1.165, 1.54) is 17.0 Å². The van der Waals surface area contributed by atoms with E-state index in [1.54, 1.807) is 0 Å². The van der Waals surface area contributed by atoms with Crippen LogP contribution in [0.25, 0.3) is 5.65 Å². The fourth-order valence-corrected chi connectivity index (χ4v) is 2.76. The van der Waals surface area contributed by atoms with Crippen LogP contribution in [0.4, 0.5) is 0 Å². The maximum Gasteiger partial charge on any atom is 0.137 e. The lowest BCUT2D eigenvalue weighted by atomic mass is 10.2. The molecule has 0 amide bonds. The largest absolute Gasteiger partial charge is 0.307 e. The van der Waals surface area contributed by atoms with Crippen molar-refractivity contribution in [3.63, 3.8) is 0 Å². The molecule has 3 aromatic rings. The Bertz CT molecular complexity index is 781. The van der Waals surface area contributed by atoms with E-state index in [-0.39, 0.29) is 0 Å². The fourth-order valence-electron chi connectivity index (χ4n) is 2.76. The molecule has 0 fully saturated rings. The zero-order valence-corrected chi connectivity index (χ0v) is 13.0. The highest BCUT2D eigenvalue weighted by Crippen LogP contribution is 2.14. The molecule has 3 rings (SSSR count). The number of hydrogen-bond acceptors (Lipinski definition) is 3. The summed E-state index contributed by atoms with van der Waals surface area (Å²) in [6.45, 7) is 7.85. The lowest BCUT2D eigenvalue weighted by Gasteiger charge is -2.07. The molecule has 0 aliphatic rings. The minimum Gasteiger partial charge on any atom is -0.307 e. The van der Waals surface area contributed by atoms with Crippen LogP contribution in [-0.4, -0.2) is 19.2 Å². The zero-order valence-electron chi connectivity index (χ0n) is 13.0. The highest BCUT2D eigenvalue weighted by molar-refractivity contribution is 5.42. The van der Waals surface area contributed by atoms with Gasteiger partial charge in [-0.1, -0.05) is 6.07 Å². The van der Waals surface area contributed by atoms with Crippen LogP contribution >= 0.6 is 0 Å². The summed E-state index contributed by atoms with van der Waals surface area (Å²) in [6.07, 6.45) is 2.06. The molecule has 0 spiro atoms. The lowest BCUT2D eigenvalue weighted by molar-refractivity contribution is 0.665. The van der Waals surface area contributed by atoms with Gasteiger partial charge in [0.25, 0.3) is 0 Å². The summed E-state index contributed by atoms with van der Waals surface area (Å²) in [5.74, 6) is 0. The highest BCUT2D eigenvalue weighted by atomic mass is 15.3. The molecule has 3 aromatic heterocycles. The Labute approximate surface area is 124 Å². The fraction of sp³-hybridized carbons (Fsp3) is 0.375. The number of nitrogens with one attached hydrogen (secondary N) is 1. The van der Waals surface area contributed by atoms with Crippen molar-refractivity contribution in [2.45, 2.75) is 33.9 Å². The Morgan fingerprint density at radius 2 is 1.90 bits per heavy atom. The van der Waals surface area contributed by atoms with Crippen molar-refractivity contribution < 1.29 is 0 Å². The summed E-state index contributed by atoms with van der Waals surface area (Å²) in [4.78, 5) is 4.58. The quantitative estimate of drug-likeness (QED) is 0.799. The van der Waals surface area contributed by atoms with Crippen molar-refractivity contribution in [2.75, 3.05) is 0 Å². The van der Waals surface area contributed by atoms with E-state index in [1.807, 2.05) is 29.9 Å². The summed E-state index contributed by atoms with van der Waals surface area (Å²) in [5.41, 5.74) is 6.88. The van der Waals surface area contributed by atoms with Crippen molar-refractivity contribution in [3.8, 4) is 0 Å². The van der Waals surface area contributed by atoms with Gasteiger partial charge in [-0.3, -0.25) is 4.68 Å². The van der Waals surface area contributed by atoms with Gasteiger partial charge in [0.05, 0.1) is 17.1 Å². The first-order valence-electron chi connectivity index (χ1n) is 7.20. The number of pyridine rings is 1. The van der Waals surface area contributed by atoms with Crippen molar-refractivity contribution >= 4 is 5.65 Å². The van der Waals surface area contributed by atoms with Gasteiger partial charge in [0.1, 0.15) is 5.65 Å². The van der Waals surface area contributed by atoms with E-state index >= 15 is 0 Å². The predicted molar refractivity (Wildman–Crippen MR) is 83.2 cm³/mol. The summed E-state index contributed by atoms with van der Waals surface area (Å²) in [5, 5.41) is 7.97. The van der Waals surface area contributed by atoms with Gasteiger partial charge in [0.15, 0.2) is 0 Å². The summed E-state index contributed by atoms with van der Waals surface area (Å²) in [6, 6.07) is 6.08. The monoisotopic (exact) mass is 283 g/mol. The average molecular weight is 283 g/mol. The van der Waals surface area contributed by atoms with Crippen LogP contribution in [-0.2, 0) is 20.1 Å². The number of imidazole rings is 1. The SMILES string of the molecule is Cc1nn(C)c(C)c1CNCc1c(C)nc2ccccn12. The number of hydrogen-bond donors (Lipinski definition) is 1. The Morgan fingerprint density at radius 3 is 2.62 bits per heavy atom. The maximum atomic E-state index is 4.58. The van der Waals surface area contributed by atoms with Crippen LogP contribution in [0.5, 0.6) is 0 Å². The third-order valence-electron chi connectivity index (χ3n) is 4.08. The number of nitrogens with zero attached hydrogens (tertiary/aromatic N) is 4. The topological polar surface area (TPSA) is 47.2 Å². The first-order chi connectivity index (χ1) is 10.1. The first-order valence-corrected chi connectivity index (χ1v) is 7.20. The van der Waals surface area contributed by atoms with Gasteiger partial charge >= 0.3 is 0 Å². The van der Waals surface area contributed by atoms with Crippen molar-refractivity contribution in [1.29, 1.82) is 0 Å². The Kier molecular flexibility index (Phi) is 3.51. The molecule has 0 bridgehead atoms. The van der Waals surface area contributed by atoms with Gasteiger partial charge in [-0.25, -0.2) is 4.98 Å². The molecule has 110 valence electrons. The van der Waals surface area contributed by atoms with E-state index in [2.05, 4.69) is 46.8 Å². The van der Waals surface area contributed by atoms with Crippen molar-refractivity contribution in [3.05, 3.63) is 52.7 Å². The van der Waals surface area contributed by atoms with Crippen LogP contribution in [0.3, 0.4) is 0 Å². The first kappa shape index (κ1) is 13.8. The third-order valence-corrected chi connectivity index (χ3v) is 4.08. The van der Waals surface area contributed by atoms with Crippen LogP contribution in [0.15, 0.2) is 24.4 Å². The summed E-state index contributed by atoms with van der Waals surface area (Å²) in [7, 11) is 1.99. The Balaban J connectivity index is 1.77. The minimum atomic E-state index is 0.796. The minimum absolute atomic E-state index is 0.796. The smallest absolute Gasteiger partial charge is 0.137 e. The van der Waals surface area contributed by atoms with Gasteiger partial charge in [0, 0.05) is 37.6 Å². The lowest BCUT2D eigenvalue weighted by Crippen LogP contribution is -2.16. The number of rotatable bonds is 4. The highest BCUT2D eigenvalue weighted by Gasteiger charge is 2.11. The molecule has 21 heavy (non-hydrogen) atoms. The summed E-state index contributed by atoms with van der Waals surface area (Å²) >= 11 is 0. The van der Waals surface area contributed by atoms with Crippen molar-refractivity contribution in [2.24, 2.45) is 7.05 Å². The van der Waals surface area contributed by atoms with Crippen LogP contribution in [0, 0.1) is 20.8 Å². The molecule has 5 nitrogen and oxygen atoms in total. The van der Waals surface area contributed by atoms with E-state index in [4.69, 9.17) is 0 Å². The number of fused-ring (bicyclic) bond motifs is 1. The second kappa shape index (κ2) is 5.33. The second-order valence-corrected chi connectivity index (χ2v) is 5.45. The number of aryl methyl sites for hydroxylation is 3. The molecular weight excluding hydrogens is 262 g/mol. The zero-order chi connectivity index (χ0) is 15.0. The molecule has 0 atom stereocenters. The van der Waals surface area contributed by atoms with E-state index in [0.29, 0.717) is 0 Å². The predicted octanol–water partition coefficient (Wildman–Crippen LogP) is 2.28. The molecule has 1 N–H and O–H groups in total. The standard InChI is InChI=1S/C16H21N5/c1-11-14(13(3)20(4)19-11)9-17-10-15-12(2)18-16-7-5-6-8-21(15)16/h5-8,17H,9-10H2,1-4H3. The maximum absolute atomic E-state index is 4.58. The molecule has 3 heterocycles. The second-order valence-electron chi connectivity index (χ2n) is 5.45. The average Bonchev–Trinajstić information content (AvgIpc) is 2.90. The summed E-state index contributed by atoms with van der Waals surface area (Å²) < 4.78 is 4.08. The van der Waals surface area contributed by atoms with Crippen LogP contribution < -0.4 is 5.32 Å². The molecule has 0 saturated carbocycles. The van der Waals surface area contributed by atoms with Gasteiger partial charge in [-0.15, -0.1) is 0 Å². The molecule has 0 aromatic carbocycles. The molecule has 0 aliphatic carbocycles. The van der Waals surface area contributed by atoms with Crippen LogP contribution in [0.1, 0.15) is 28.3 Å². The van der Waals surface area contributed by atoms with Crippen LogP contribution in [0.2, 0.25) is 0 Å².